The number of aromatic nitrogens is 1. The lowest BCUT2D eigenvalue weighted by molar-refractivity contribution is 0.0706. The number of hydrogen-bond acceptors (Lipinski definition) is 6. The molecule has 2 heterocycles. The number of thiazole rings is 1. The number of carbonyl (C=O) groups is 1. The number of rotatable bonds is 6. The van der Waals surface area contributed by atoms with Crippen LogP contribution in [0.4, 0.5) is 0 Å². The molecule has 0 saturated carbocycles. The van der Waals surface area contributed by atoms with Crippen molar-refractivity contribution >= 4 is 27.3 Å². The normalized spacial score (nSPS) is 17.7. The second-order valence-corrected chi connectivity index (χ2v) is 9.71. The molecule has 1 N–H and O–H groups in total. The lowest BCUT2D eigenvalue weighted by Gasteiger charge is -2.32. The smallest absolute Gasteiger partial charge is 0.253 e. The minimum Gasteiger partial charge on any atom is -0.495 e. The fourth-order valence-corrected chi connectivity index (χ4v) is 5.59. The molecule has 1 amide bonds. The van der Waals surface area contributed by atoms with E-state index < -0.39 is 10.0 Å². The van der Waals surface area contributed by atoms with E-state index in [1.54, 1.807) is 42.3 Å². The summed E-state index contributed by atoms with van der Waals surface area (Å²) in [6.07, 6.45) is 3.67. The van der Waals surface area contributed by atoms with Gasteiger partial charge in [-0.15, -0.1) is 11.3 Å². The molecule has 0 spiro atoms. The van der Waals surface area contributed by atoms with Crippen molar-refractivity contribution in [2.24, 2.45) is 0 Å². The maximum Gasteiger partial charge on any atom is 0.253 e. The number of carbonyl (C=O) groups excluding carboxylic acids is 1. The SMILES string of the molecule is COc1ccc(C(=O)N2CCCC(c3nccs3)C2)cc1S(=O)(=O)NC(C)C. The predicted octanol–water partition coefficient (Wildman–Crippen LogP) is 2.86. The van der Waals surface area contributed by atoms with Crippen molar-refractivity contribution in [3.63, 3.8) is 0 Å². The van der Waals surface area contributed by atoms with Crippen LogP contribution in [0.2, 0.25) is 0 Å². The van der Waals surface area contributed by atoms with Crippen LogP contribution in [0.25, 0.3) is 0 Å². The highest BCUT2D eigenvalue weighted by Crippen LogP contribution is 2.30. The molecule has 152 valence electrons. The van der Waals surface area contributed by atoms with E-state index in [0.717, 1.165) is 17.8 Å². The van der Waals surface area contributed by atoms with E-state index in [9.17, 15) is 13.2 Å². The van der Waals surface area contributed by atoms with Crippen molar-refractivity contribution in [2.75, 3.05) is 20.2 Å². The lowest BCUT2D eigenvalue weighted by Crippen LogP contribution is -2.39. The highest BCUT2D eigenvalue weighted by atomic mass is 32.2. The largest absolute Gasteiger partial charge is 0.495 e. The summed E-state index contributed by atoms with van der Waals surface area (Å²) in [5.74, 6) is 0.260. The highest BCUT2D eigenvalue weighted by molar-refractivity contribution is 7.89. The maximum absolute atomic E-state index is 13.1. The van der Waals surface area contributed by atoms with Crippen molar-refractivity contribution in [3.8, 4) is 5.75 Å². The van der Waals surface area contributed by atoms with Crippen molar-refractivity contribution < 1.29 is 17.9 Å². The molecule has 3 rings (SSSR count). The number of ether oxygens (including phenoxy) is 1. The number of nitrogens with zero attached hydrogens (tertiary/aromatic N) is 2. The van der Waals surface area contributed by atoms with Gasteiger partial charge in [-0.25, -0.2) is 18.1 Å². The molecular weight excluding hydrogens is 398 g/mol. The van der Waals surface area contributed by atoms with Gasteiger partial charge < -0.3 is 9.64 Å². The molecule has 1 saturated heterocycles. The van der Waals surface area contributed by atoms with Crippen molar-refractivity contribution in [1.82, 2.24) is 14.6 Å². The number of amides is 1. The number of benzene rings is 1. The Morgan fingerprint density at radius 2 is 2.18 bits per heavy atom. The first-order valence-electron chi connectivity index (χ1n) is 9.21. The van der Waals surface area contributed by atoms with Gasteiger partial charge in [0.15, 0.2) is 0 Å². The van der Waals surface area contributed by atoms with Crippen LogP contribution in [-0.4, -0.2) is 50.5 Å². The Kier molecular flexibility index (Phi) is 6.36. The second kappa shape index (κ2) is 8.59. The number of methoxy groups -OCH3 is 1. The van der Waals surface area contributed by atoms with Crippen LogP contribution in [0.3, 0.4) is 0 Å². The zero-order chi connectivity index (χ0) is 20.3. The molecule has 1 aromatic heterocycles. The van der Waals surface area contributed by atoms with Gasteiger partial charge in [-0.1, -0.05) is 0 Å². The van der Waals surface area contributed by atoms with E-state index in [4.69, 9.17) is 4.74 Å². The standard InChI is InChI=1S/C19H25N3O4S2/c1-13(2)21-28(24,25)17-11-14(6-7-16(17)26-3)19(23)22-9-4-5-15(12-22)18-20-8-10-27-18/h6-8,10-11,13,15,21H,4-5,9,12H2,1-3H3. The molecular formula is C19H25N3O4S2. The Labute approximate surface area is 169 Å². The number of sulfonamides is 1. The molecule has 0 bridgehead atoms. The van der Waals surface area contributed by atoms with Crippen LogP contribution in [0.5, 0.6) is 5.75 Å². The average molecular weight is 424 g/mol. The molecule has 1 aliphatic heterocycles. The van der Waals surface area contributed by atoms with Gasteiger partial charge in [-0.2, -0.15) is 0 Å². The first kappa shape index (κ1) is 20.8. The molecule has 9 heteroatoms. The molecule has 2 aromatic rings. The molecule has 1 aromatic carbocycles. The Morgan fingerprint density at radius 3 is 2.82 bits per heavy atom. The maximum atomic E-state index is 13.1. The van der Waals surface area contributed by atoms with Crippen LogP contribution in [0.1, 0.15) is 48.0 Å². The minimum atomic E-state index is -3.79. The summed E-state index contributed by atoms with van der Waals surface area (Å²) in [4.78, 5) is 19.2. The molecule has 0 radical (unpaired) electrons. The highest BCUT2D eigenvalue weighted by Gasteiger charge is 2.28. The zero-order valence-electron chi connectivity index (χ0n) is 16.2. The molecule has 28 heavy (non-hydrogen) atoms. The molecule has 1 fully saturated rings. The first-order chi connectivity index (χ1) is 13.3. The summed E-state index contributed by atoms with van der Waals surface area (Å²) in [6, 6.07) is 4.28. The van der Waals surface area contributed by atoms with E-state index in [1.807, 2.05) is 5.38 Å². The van der Waals surface area contributed by atoms with Gasteiger partial charge in [0.2, 0.25) is 10.0 Å². The minimum absolute atomic E-state index is 0.0250. The number of likely N-dealkylation sites (tertiary alicyclic amines) is 1. The van der Waals surface area contributed by atoms with Crippen LogP contribution in [-0.2, 0) is 10.0 Å². The summed E-state index contributed by atoms with van der Waals surface area (Å²) in [5.41, 5.74) is 0.338. The fraction of sp³-hybridized carbons (Fsp3) is 0.474. The molecule has 0 aliphatic carbocycles. The van der Waals surface area contributed by atoms with E-state index in [1.165, 1.54) is 19.2 Å². The van der Waals surface area contributed by atoms with Gasteiger partial charge in [0.25, 0.3) is 5.91 Å². The monoisotopic (exact) mass is 423 g/mol. The quantitative estimate of drug-likeness (QED) is 0.772. The molecule has 1 atom stereocenters. The number of hydrogen-bond donors (Lipinski definition) is 1. The Hall–Kier alpha value is -1.97. The average Bonchev–Trinajstić information content (AvgIpc) is 3.21. The predicted molar refractivity (Wildman–Crippen MR) is 108 cm³/mol. The first-order valence-corrected chi connectivity index (χ1v) is 11.6. The third kappa shape index (κ3) is 4.53. The lowest BCUT2D eigenvalue weighted by atomic mass is 9.98. The topological polar surface area (TPSA) is 88.6 Å². The third-order valence-electron chi connectivity index (χ3n) is 4.60. The van der Waals surface area contributed by atoms with Gasteiger partial charge in [0.05, 0.1) is 12.1 Å². The zero-order valence-corrected chi connectivity index (χ0v) is 17.8. The van der Waals surface area contributed by atoms with Crippen molar-refractivity contribution in [3.05, 3.63) is 40.3 Å². The summed E-state index contributed by atoms with van der Waals surface area (Å²) >= 11 is 1.60. The molecule has 1 aliphatic rings. The Balaban J connectivity index is 1.86. The van der Waals surface area contributed by atoms with Crippen molar-refractivity contribution in [1.29, 1.82) is 0 Å². The van der Waals surface area contributed by atoms with Gasteiger partial charge in [-0.3, -0.25) is 4.79 Å². The fourth-order valence-electron chi connectivity index (χ4n) is 3.38. The molecule has 1 unspecified atom stereocenters. The van der Waals surface area contributed by atoms with Crippen LogP contribution in [0, 0.1) is 0 Å². The second-order valence-electron chi connectivity index (χ2n) is 7.10. The van der Waals surface area contributed by atoms with Crippen molar-refractivity contribution in [2.45, 2.75) is 43.5 Å². The summed E-state index contributed by atoms with van der Waals surface area (Å²) in [7, 11) is -2.38. The van der Waals surface area contributed by atoms with Crippen LogP contribution >= 0.6 is 11.3 Å². The van der Waals surface area contributed by atoms with Gasteiger partial charge in [0, 0.05) is 42.2 Å². The van der Waals surface area contributed by atoms with E-state index >= 15 is 0 Å². The van der Waals surface area contributed by atoms with E-state index in [0.29, 0.717) is 18.7 Å². The third-order valence-corrected chi connectivity index (χ3v) is 7.22. The summed E-state index contributed by atoms with van der Waals surface area (Å²) in [5, 5.41) is 2.98. The van der Waals surface area contributed by atoms with E-state index in [-0.39, 0.29) is 28.5 Å². The van der Waals surface area contributed by atoms with Gasteiger partial charge in [-0.05, 0) is 44.9 Å². The van der Waals surface area contributed by atoms with Gasteiger partial charge in [0.1, 0.15) is 10.6 Å². The Morgan fingerprint density at radius 1 is 1.39 bits per heavy atom. The summed E-state index contributed by atoms with van der Waals surface area (Å²) in [6.45, 7) is 4.72. The van der Waals surface area contributed by atoms with Crippen LogP contribution in [0.15, 0.2) is 34.7 Å². The number of nitrogens with one attached hydrogen (secondary N) is 1. The Bertz CT molecular complexity index is 927. The molecule has 7 nitrogen and oxygen atoms in total. The van der Waals surface area contributed by atoms with Gasteiger partial charge >= 0.3 is 0 Å². The van der Waals surface area contributed by atoms with Crippen LogP contribution < -0.4 is 9.46 Å². The van der Waals surface area contributed by atoms with E-state index in [2.05, 4.69) is 9.71 Å². The summed E-state index contributed by atoms with van der Waals surface area (Å²) < 4.78 is 33.1. The number of piperidine rings is 1.